The van der Waals surface area contributed by atoms with Crippen LogP contribution in [-0.2, 0) is 11.0 Å². The number of rotatable bonds is 4. The van der Waals surface area contributed by atoms with Crippen molar-refractivity contribution in [3.05, 3.63) is 0 Å². The van der Waals surface area contributed by atoms with Gasteiger partial charge in [0, 0.05) is 25.9 Å². The fraction of sp³-hybridized carbons (Fsp3) is 1.00. The van der Waals surface area contributed by atoms with E-state index in [4.69, 9.17) is 0 Å². The molecule has 98 valence electrons. The lowest BCUT2D eigenvalue weighted by molar-refractivity contribution is 0.122. The van der Waals surface area contributed by atoms with Crippen molar-refractivity contribution in [2.24, 2.45) is 0 Å². The lowest BCUT2D eigenvalue weighted by Crippen LogP contribution is -2.54. The van der Waals surface area contributed by atoms with Gasteiger partial charge in [-0.2, -0.15) is 0 Å². The Morgan fingerprint density at radius 1 is 1.38 bits per heavy atom. The quantitative estimate of drug-likeness (QED) is 0.760. The Labute approximate surface area is 102 Å². The third-order valence-electron chi connectivity index (χ3n) is 2.56. The summed E-state index contributed by atoms with van der Waals surface area (Å²) in [7, 11) is -1.03. The van der Waals surface area contributed by atoms with E-state index in [1.54, 1.807) is 10.6 Å². The average Bonchev–Trinajstić information content (AvgIpc) is 2.31. The van der Waals surface area contributed by atoms with Crippen molar-refractivity contribution in [2.75, 3.05) is 39.1 Å². The first kappa shape index (κ1) is 16.0. The van der Waals surface area contributed by atoms with Crippen molar-refractivity contribution >= 4 is 11.0 Å². The molecule has 1 saturated heterocycles. The second kappa shape index (κ2) is 9.07. The van der Waals surface area contributed by atoms with Gasteiger partial charge in [-0.05, 0) is 13.0 Å². The first-order chi connectivity index (χ1) is 7.69. The standard InChI is InChI=1S/C9H19FN2OS.C2H6/c1-3-4-11-5-6-12(14(2)13)9(7-10)8-11;1-2/h9H,3-8H2,1-2H3;1-2H3. The fourth-order valence-electron chi connectivity index (χ4n) is 1.89. The van der Waals surface area contributed by atoms with Gasteiger partial charge < -0.3 is 4.90 Å². The van der Waals surface area contributed by atoms with Crippen molar-refractivity contribution in [1.29, 1.82) is 0 Å². The first-order valence-electron chi connectivity index (χ1n) is 6.07. The molecule has 1 aliphatic heterocycles. The predicted octanol–water partition coefficient (Wildman–Crippen LogP) is 1.67. The van der Waals surface area contributed by atoms with Gasteiger partial charge in [-0.1, -0.05) is 20.8 Å². The zero-order chi connectivity index (χ0) is 12.6. The third-order valence-corrected chi connectivity index (χ3v) is 3.70. The number of piperazine rings is 1. The van der Waals surface area contributed by atoms with Crippen LogP contribution in [0.25, 0.3) is 0 Å². The molecule has 0 aromatic rings. The van der Waals surface area contributed by atoms with Crippen LogP contribution in [0.4, 0.5) is 4.39 Å². The average molecular weight is 252 g/mol. The number of nitrogens with zero attached hydrogens (tertiary/aromatic N) is 2. The van der Waals surface area contributed by atoms with Gasteiger partial charge in [0.15, 0.2) is 0 Å². The summed E-state index contributed by atoms with van der Waals surface area (Å²) in [6.07, 6.45) is 2.71. The molecule has 16 heavy (non-hydrogen) atoms. The molecule has 0 bridgehead atoms. The lowest BCUT2D eigenvalue weighted by Gasteiger charge is -2.38. The second-order valence-corrected chi connectivity index (χ2v) is 4.99. The number of alkyl halides is 1. The van der Waals surface area contributed by atoms with Crippen LogP contribution in [0.15, 0.2) is 0 Å². The lowest BCUT2D eigenvalue weighted by atomic mass is 10.2. The molecule has 0 aromatic carbocycles. The Bertz CT molecular complexity index is 204. The van der Waals surface area contributed by atoms with Gasteiger partial charge in [0.05, 0.1) is 17.0 Å². The van der Waals surface area contributed by atoms with Crippen molar-refractivity contribution in [2.45, 2.75) is 33.2 Å². The Morgan fingerprint density at radius 3 is 2.44 bits per heavy atom. The molecule has 0 aromatic heterocycles. The van der Waals surface area contributed by atoms with Crippen molar-refractivity contribution < 1.29 is 8.60 Å². The van der Waals surface area contributed by atoms with E-state index in [1.165, 1.54) is 0 Å². The SMILES string of the molecule is CC.CCCN1CCN(S(C)=O)C(CF)C1. The van der Waals surface area contributed by atoms with E-state index < -0.39 is 17.7 Å². The molecule has 0 radical (unpaired) electrons. The van der Waals surface area contributed by atoms with E-state index in [1.807, 2.05) is 13.8 Å². The van der Waals surface area contributed by atoms with E-state index in [-0.39, 0.29) is 6.04 Å². The summed E-state index contributed by atoms with van der Waals surface area (Å²) < 4.78 is 25.7. The minimum Gasteiger partial charge on any atom is -0.300 e. The highest BCUT2D eigenvalue weighted by Crippen LogP contribution is 2.12. The van der Waals surface area contributed by atoms with Gasteiger partial charge >= 0.3 is 0 Å². The summed E-state index contributed by atoms with van der Waals surface area (Å²) in [5.41, 5.74) is 0. The predicted molar refractivity (Wildman–Crippen MR) is 68.6 cm³/mol. The van der Waals surface area contributed by atoms with Gasteiger partial charge in [-0.15, -0.1) is 0 Å². The van der Waals surface area contributed by atoms with Crippen LogP contribution >= 0.6 is 0 Å². The smallest absolute Gasteiger partial charge is 0.107 e. The van der Waals surface area contributed by atoms with Crippen LogP contribution in [0.1, 0.15) is 27.2 Å². The normalized spacial score (nSPS) is 24.7. The van der Waals surface area contributed by atoms with Gasteiger partial charge in [-0.25, -0.2) is 12.9 Å². The molecule has 1 heterocycles. The van der Waals surface area contributed by atoms with Gasteiger partial charge in [-0.3, -0.25) is 0 Å². The Balaban J connectivity index is 0.00000106. The van der Waals surface area contributed by atoms with Gasteiger partial charge in [0.2, 0.25) is 0 Å². The number of hydrogen-bond donors (Lipinski definition) is 0. The van der Waals surface area contributed by atoms with Crippen LogP contribution < -0.4 is 0 Å². The van der Waals surface area contributed by atoms with Gasteiger partial charge in [0.1, 0.15) is 6.67 Å². The van der Waals surface area contributed by atoms with E-state index in [9.17, 15) is 8.60 Å². The molecule has 5 heteroatoms. The molecule has 0 saturated carbocycles. The first-order valence-corrected chi connectivity index (χ1v) is 7.59. The van der Waals surface area contributed by atoms with Gasteiger partial charge in [0.25, 0.3) is 0 Å². The second-order valence-electron chi connectivity index (χ2n) is 3.67. The van der Waals surface area contributed by atoms with E-state index in [0.717, 1.165) is 26.1 Å². The largest absolute Gasteiger partial charge is 0.300 e. The molecule has 0 aliphatic carbocycles. The highest BCUT2D eigenvalue weighted by atomic mass is 32.2. The zero-order valence-electron chi connectivity index (χ0n) is 10.9. The maximum atomic E-state index is 12.7. The molecule has 1 rings (SSSR count). The summed E-state index contributed by atoms with van der Waals surface area (Å²) >= 11 is 0. The molecule has 1 aliphatic rings. The molecule has 2 atom stereocenters. The minimum absolute atomic E-state index is 0.180. The molecule has 0 N–H and O–H groups in total. The maximum Gasteiger partial charge on any atom is 0.107 e. The summed E-state index contributed by atoms with van der Waals surface area (Å²) in [6, 6.07) is -0.180. The van der Waals surface area contributed by atoms with Crippen molar-refractivity contribution in [3.8, 4) is 0 Å². The molecular formula is C11H25FN2OS. The minimum atomic E-state index is -1.03. The van der Waals surface area contributed by atoms with Crippen LogP contribution in [-0.4, -0.2) is 58.6 Å². The Hall–Kier alpha value is -0.0000000000000000555. The third kappa shape index (κ3) is 4.89. The van der Waals surface area contributed by atoms with E-state index in [0.29, 0.717) is 6.54 Å². The van der Waals surface area contributed by atoms with E-state index in [2.05, 4.69) is 11.8 Å². The van der Waals surface area contributed by atoms with Crippen LogP contribution in [0.2, 0.25) is 0 Å². The monoisotopic (exact) mass is 252 g/mol. The molecule has 1 fully saturated rings. The van der Waals surface area contributed by atoms with Crippen LogP contribution in [0.3, 0.4) is 0 Å². The Morgan fingerprint density at radius 2 is 2.00 bits per heavy atom. The summed E-state index contributed by atoms with van der Waals surface area (Å²) in [6.45, 7) is 9.07. The zero-order valence-corrected chi connectivity index (χ0v) is 11.7. The Kier molecular flexibility index (Phi) is 9.07. The molecule has 2 unspecified atom stereocenters. The molecular weight excluding hydrogens is 227 g/mol. The molecule has 0 spiro atoms. The highest BCUT2D eigenvalue weighted by Gasteiger charge is 2.28. The van der Waals surface area contributed by atoms with Crippen LogP contribution in [0.5, 0.6) is 0 Å². The summed E-state index contributed by atoms with van der Waals surface area (Å²) in [5, 5.41) is 0. The fourth-order valence-corrected chi connectivity index (χ4v) is 2.77. The number of halogens is 1. The molecule has 0 amide bonds. The highest BCUT2D eigenvalue weighted by molar-refractivity contribution is 7.81. The maximum absolute atomic E-state index is 12.7. The van der Waals surface area contributed by atoms with E-state index >= 15 is 0 Å². The summed E-state index contributed by atoms with van der Waals surface area (Å²) in [5.74, 6) is 0. The van der Waals surface area contributed by atoms with Crippen molar-refractivity contribution in [3.63, 3.8) is 0 Å². The summed E-state index contributed by atoms with van der Waals surface area (Å²) in [4.78, 5) is 2.24. The number of hydrogen-bond acceptors (Lipinski definition) is 2. The van der Waals surface area contributed by atoms with Crippen LogP contribution in [0, 0.1) is 0 Å². The molecule has 3 nitrogen and oxygen atoms in total. The topological polar surface area (TPSA) is 23.6 Å². The van der Waals surface area contributed by atoms with Crippen molar-refractivity contribution in [1.82, 2.24) is 9.21 Å².